The molecule has 1 fully saturated rings. The summed E-state index contributed by atoms with van der Waals surface area (Å²) in [6.07, 6.45) is 0.551. The smallest absolute Gasteiger partial charge is 0.255 e. The second-order valence-corrected chi connectivity index (χ2v) is 9.31. The summed E-state index contributed by atoms with van der Waals surface area (Å²) in [5.41, 5.74) is 1.72. The maximum Gasteiger partial charge on any atom is 0.255 e. The Morgan fingerprint density at radius 2 is 1.66 bits per heavy atom. The van der Waals surface area contributed by atoms with E-state index in [-0.39, 0.29) is 21.9 Å². The molecular formula is C23H26Cl3N3O3. The lowest BCUT2D eigenvalue weighted by Crippen LogP contribution is -2.49. The number of nitrogens with zero attached hydrogens (tertiary/aromatic N) is 2. The van der Waals surface area contributed by atoms with E-state index >= 15 is 0 Å². The number of halogens is 3. The van der Waals surface area contributed by atoms with E-state index in [0.717, 1.165) is 5.69 Å². The zero-order valence-electron chi connectivity index (χ0n) is 18.3. The van der Waals surface area contributed by atoms with Crippen molar-refractivity contribution in [3.8, 4) is 5.75 Å². The Bertz CT molecular complexity index is 982. The summed E-state index contributed by atoms with van der Waals surface area (Å²) >= 11 is 18.6. The number of hydrogen-bond acceptors (Lipinski definition) is 4. The molecule has 0 aromatic heterocycles. The van der Waals surface area contributed by atoms with Crippen molar-refractivity contribution in [3.63, 3.8) is 0 Å². The number of nitrogens with one attached hydrogen (secondary N) is 1. The number of methoxy groups -OCH3 is 1. The highest BCUT2D eigenvalue weighted by molar-refractivity contribution is 6.38. The molecule has 0 spiro atoms. The van der Waals surface area contributed by atoms with Crippen LogP contribution in [-0.4, -0.2) is 50.0 Å². The number of amides is 2. The topological polar surface area (TPSA) is 61.9 Å². The van der Waals surface area contributed by atoms with Gasteiger partial charge in [0.1, 0.15) is 0 Å². The number of anilines is 2. The van der Waals surface area contributed by atoms with Crippen LogP contribution in [0.1, 0.15) is 30.6 Å². The lowest BCUT2D eigenvalue weighted by molar-refractivity contribution is -0.132. The van der Waals surface area contributed by atoms with Gasteiger partial charge in [-0.1, -0.05) is 48.7 Å². The van der Waals surface area contributed by atoms with E-state index in [2.05, 4.69) is 10.2 Å². The number of benzene rings is 2. The van der Waals surface area contributed by atoms with E-state index in [1.165, 1.54) is 19.2 Å². The Morgan fingerprint density at radius 3 is 2.22 bits per heavy atom. The standard InChI is InChI=1S/C23H26Cl3N3O3/c1-14(2)10-21(30)29-8-6-28(7-9-29)20-5-4-16(24)13-19(20)27-23(31)15-11-17(25)22(32-3)18(26)12-15/h4-5,11-14H,6-10H2,1-3H3,(H,27,31). The summed E-state index contributed by atoms with van der Waals surface area (Å²) in [4.78, 5) is 29.3. The number of piperazine rings is 1. The molecule has 0 saturated carbocycles. The molecular weight excluding hydrogens is 473 g/mol. The van der Waals surface area contributed by atoms with Crippen LogP contribution in [-0.2, 0) is 4.79 Å². The highest BCUT2D eigenvalue weighted by atomic mass is 35.5. The van der Waals surface area contributed by atoms with Crippen molar-refractivity contribution in [1.29, 1.82) is 0 Å². The molecule has 1 saturated heterocycles. The lowest BCUT2D eigenvalue weighted by atomic mass is 10.1. The van der Waals surface area contributed by atoms with E-state index < -0.39 is 0 Å². The molecule has 172 valence electrons. The van der Waals surface area contributed by atoms with Gasteiger partial charge < -0.3 is 19.9 Å². The Hall–Kier alpha value is -2.15. The Balaban J connectivity index is 1.76. The third kappa shape index (κ3) is 5.80. The highest BCUT2D eigenvalue weighted by Crippen LogP contribution is 2.35. The van der Waals surface area contributed by atoms with Gasteiger partial charge in [0, 0.05) is 43.2 Å². The van der Waals surface area contributed by atoms with Crippen molar-refractivity contribution < 1.29 is 14.3 Å². The van der Waals surface area contributed by atoms with Gasteiger partial charge in [-0.15, -0.1) is 0 Å². The fourth-order valence-electron chi connectivity index (χ4n) is 3.64. The molecule has 32 heavy (non-hydrogen) atoms. The molecule has 1 aliphatic heterocycles. The van der Waals surface area contributed by atoms with Crippen LogP contribution >= 0.6 is 34.8 Å². The molecule has 0 aliphatic carbocycles. The zero-order chi connectivity index (χ0) is 23.4. The summed E-state index contributed by atoms with van der Waals surface area (Å²) in [7, 11) is 1.46. The fourth-order valence-corrected chi connectivity index (χ4v) is 4.45. The van der Waals surface area contributed by atoms with Crippen LogP contribution in [0.15, 0.2) is 30.3 Å². The van der Waals surface area contributed by atoms with E-state index in [1.54, 1.807) is 12.1 Å². The molecule has 0 unspecified atom stereocenters. The first kappa shape index (κ1) is 24.5. The Morgan fingerprint density at radius 1 is 1.03 bits per heavy atom. The Labute approximate surface area is 203 Å². The van der Waals surface area contributed by atoms with Crippen LogP contribution in [0.5, 0.6) is 5.75 Å². The number of hydrogen-bond donors (Lipinski definition) is 1. The van der Waals surface area contributed by atoms with Gasteiger partial charge in [-0.25, -0.2) is 0 Å². The first-order valence-electron chi connectivity index (χ1n) is 10.4. The highest BCUT2D eigenvalue weighted by Gasteiger charge is 2.24. The van der Waals surface area contributed by atoms with Gasteiger partial charge in [-0.3, -0.25) is 9.59 Å². The first-order chi connectivity index (χ1) is 15.2. The molecule has 3 rings (SSSR count). The summed E-state index contributed by atoms with van der Waals surface area (Å²) in [5, 5.41) is 3.91. The third-order valence-corrected chi connectivity index (χ3v) is 6.02. The number of carbonyl (C=O) groups excluding carboxylic acids is 2. The van der Waals surface area contributed by atoms with Crippen molar-refractivity contribution in [2.75, 3.05) is 43.5 Å². The number of ether oxygens (including phenoxy) is 1. The SMILES string of the molecule is COc1c(Cl)cc(C(=O)Nc2cc(Cl)ccc2N2CCN(C(=O)CC(C)C)CC2)cc1Cl. The lowest BCUT2D eigenvalue weighted by Gasteiger charge is -2.37. The van der Waals surface area contributed by atoms with Crippen molar-refractivity contribution in [2.45, 2.75) is 20.3 Å². The van der Waals surface area contributed by atoms with Gasteiger partial charge >= 0.3 is 0 Å². The predicted molar refractivity (Wildman–Crippen MR) is 131 cm³/mol. The van der Waals surface area contributed by atoms with Gasteiger partial charge in [-0.05, 0) is 36.2 Å². The molecule has 1 N–H and O–H groups in total. The van der Waals surface area contributed by atoms with Crippen LogP contribution in [0.3, 0.4) is 0 Å². The van der Waals surface area contributed by atoms with Crippen molar-refractivity contribution in [2.24, 2.45) is 5.92 Å². The minimum atomic E-state index is -0.370. The summed E-state index contributed by atoms with van der Waals surface area (Å²) in [6, 6.07) is 8.37. The van der Waals surface area contributed by atoms with E-state index in [1.807, 2.05) is 24.8 Å². The fraction of sp³-hybridized carbons (Fsp3) is 0.391. The maximum absolute atomic E-state index is 12.9. The monoisotopic (exact) mass is 497 g/mol. The minimum absolute atomic E-state index is 0.178. The molecule has 0 bridgehead atoms. The van der Waals surface area contributed by atoms with Crippen LogP contribution in [0.2, 0.25) is 15.1 Å². The molecule has 2 aromatic carbocycles. The van der Waals surface area contributed by atoms with Crippen LogP contribution < -0.4 is 15.0 Å². The van der Waals surface area contributed by atoms with Crippen LogP contribution in [0.25, 0.3) is 0 Å². The molecule has 1 heterocycles. The van der Waals surface area contributed by atoms with Gasteiger partial charge in [0.05, 0.1) is 28.5 Å². The molecule has 2 amide bonds. The molecule has 0 radical (unpaired) electrons. The molecule has 2 aromatic rings. The predicted octanol–water partition coefficient (Wildman–Crippen LogP) is 5.60. The van der Waals surface area contributed by atoms with Gasteiger partial charge in [0.25, 0.3) is 5.91 Å². The maximum atomic E-state index is 12.9. The van der Waals surface area contributed by atoms with Gasteiger partial charge in [-0.2, -0.15) is 0 Å². The van der Waals surface area contributed by atoms with E-state index in [9.17, 15) is 9.59 Å². The number of rotatable bonds is 6. The van der Waals surface area contributed by atoms with Crippen molar-refractivity contribution in [3.05, 3.63) is 51.0 Å². The average molecular weight is 499 g/mol. The largest absolute Gasteiger partial charge is 0.494 e. The first-order valence-corrected chi connectivity index (χ1v) is 11.5. The molecule has 6 nitrogen and oxygen atoms in total. The van der Waals surface area contributed by atoms with Gasteiger partial charge in [0.2, 0.25) is 5.91 Å². The summed E-state index contributed by atoms with van der Waals surface area (Å²) in [6.45, 7) is 6.67. The van der Waals surface area contributed by atoms with Crippen molar-refractivity contribution >= 4 is 58.0 Å². The van der Waals surface area contributed by atoms with Crippen LogP contribution in [0.4, 0.5) is 11.4 Å². The quantitative estimate of drug-likeness (QED) is 0.563. The second-order valence-electron chi connectivity index (χ2n) is 8.05. The molecule has 0 atom stereocenters. The van der Waals surface area contributed by atoms with Gasteiger partial charge in [0.15, 0.2) is 5.75 Å². The minimum Gasteiger partial charge on any atom is -0.494 e. The van der Waals surface area contributed by atoms with Crippen LogP contribution in [0, 0.1) is 5.92 Å². The van der Waals surface area contributed by atoms with E-state index in [4.69, 9.17) is 39.5 Å². The van der Waals surface area contributed by atoms with E-state index in [0.29, 0.717) is 60.5 Å². The average Bonchev–Trinajstić information content (AvgIpc) is 2.73. The third-order valence-electron chi connectivity index (χ3n) is 5.23. The summed E-state index contributed by atoms with van der Waals surface area (Å²) < 4.78 is 5.14. The van der Waals surface area contributed by atoms with Crippen molar-refractivity contribution in [1.82, 2.24) is 4.90 Å². The molecule has 1 aliphatic rings. The zero-order valence-corrected chi connectivity index (χ0v) is 20.5. The Kier molecular flexibility index (Phi) is 8.15. The molecule has 9 heteroatoms. The summed E-state index contributed by atoms with van der Waals surface area (Å²) in [5.74, 6) is 0.458. The normalized spacial score (nSPS) is 14.0. The second kappa shape index (κ2) is 10.6. The number of carbonyl (C=O) groups is 2.